The summed E-state index contributed by atoms with van der Waals surface area (Å²) in [7, 11) is 0. The van der Waals surface area contributed by atoms with Crippen molar-refractivity contribution in [2.75, 3.05) is 0 Å². The standard InChI is InChI=1S/C12H13Cl2N3/c1-3-4-11-15-16-12(14)17(11)9-6-5-8(2)10(13)7-9/h5-7H,3-4H2,1-2H3. The number of benzene rings is 1. The monoisotopic (exact) mass is 269 g/mol. The zero-order chi connectivity index (χ0) is 12.4. The van der Waals surface area contributed by atoms with Crippen LogP contribution in [0.25, 0.3) is 5.69 Å². The van der Waals surface area contributed by atoms with Gasteiger partial charge in [-0.05, 0) is 42.6 Å². The van der Waals surface area contributed by atoms with Gasteiger partial charge >= 0.3 is 0 Å². The van der Waals surface area contributed by atoms with Crippen LogP contribution >= 0.6 is 23.2 Å². The lowest BCUT2D eigenvalue weighted by atomic mass is 10.2. The first-order chi connectivity index (χ1) is 8.13. The van der Waals surface area contributed by atoms with E-state index in [0.717, 1.165) is 34.9 Å². The highest BCUT2D eigenvalue weighted by Crippen LogP contribution is 2.23. The van der Waals surface area contributed by atoms with Gasteiger partial charge in [0, 0.05) is 11.4 Å². The summed E-state index contributed by atoms with van der Waals surface area (Å²) in [6, 6.07) is 5.81. The number of hydrogen-bond acceptors (Lipinski definition) is 2. The number of aromatic nitrogens is 3. The smallest absolute Gasteiger partial charge is 0.229 e. The number of rotatable bonds is 3. The van der Waals surface area contributed by atoms with Gasteiger partial charge in [-0.15, -0.1) is 10.2 Å². The molecule has 1 heterocycles. The van der Waals surface area contributed by atoms with Crippen LogP contribution in [0, 0.1) is 6.92 Å². The Morgan fingerprint density at radius 3 is 2.65 bits per heavy atom. The summed E-state index contributed by atoms with van der Waals surface area (Å²) in [6.07, 6.45) is 1.83. The molecule has 1 aromatic carbocycles. The van der Waals surface area contributed by atoms with Gasteiger partial charge in [0.25, 0.3) is 0 Å². The molecule has 0 N–H and O–H groups in total. The lowest BCUT2D eigenvalue weighted by molar-refractivity contribution is 0.803. The van der Waals surface area contributed by atoms with Gasteiger partial charge in [0.05, 0.1) is 5.69 Å². The van der Waals surface area contributed by atoms with Gasteiger partial charge in [-0.25, -0.2) is 0 Å². The van der Waals surface area contributed by atoms with Crippen molar-refractivity contribution in [2.45, 2.75) is 26.7 Å². The van der Waals surface area contributed by atoms with Crippen LogP contribution in [0.15, 0.2) is 18.2 Å². The van der Waals surface area contributed by atoms with Crippen LogP contribution in [0.1, 0.15) is 24.7 Å². The molecule has 17 heavy (non-hydrogen) atoms. The van der Waals surface area contributed by atoms with Crippen LogP contribution < -0.4 is 0 Å². The van der Waals surface area contributed by atoms with Crippen LogP contribution in [-0.4, -0.2) is 14.8 Å². The molecule has 0 saturated heterocycles. The van der Waals surface area contributed by atoms with Crippen LogP contribution in [-0.2, 0) is 6.42 Å². The van der Waals surface area contributed by atoms with E-state index in [1.807, 2.05) is 29.7 Å². The molecular weight excluding hydrogens is 257 g/mol. The Labute approximate surface area is 110 Å². The first-order valence-electron chi connectivity index (χ1n) is 5.49. The Kier molecular flexibility index (Phi) is 3.69. The van der Waals surface area contributed by atoms with Gasteiger partial charge < -0.3 is 0 Å². The molecule has 3 nitrogen and oxygen atoms in total. The number of nitrogens with zero attached hydrogens (tertiary/aromatic N) is 3. The van der Waals surface area contributed by atoms with E-state index in [2.05, 4.69) is 17.1 Å². The predicted octanol–water partition coefficient (Wildman–Crippen LogP) is 3.84. The van der Waals surface area contributed by atoms with E-state index in [4.69, 9.17) is 23.2 Å². The lowest BCUT2D eigenvalue weighted by Gasteiger charge is -2.08. The van der Waals surface area contributed by atoms with Gasteiger partial charge in [-0.3, -0.25) is 4.57 Å². The number of halogens is 2. The van der Waals surface area contributed by atoms with Crippen LogP contribution in [0.2, 0.25) is 10.3 Å². The second kappa shape index (κ2) is 5.07. The highest BCUT2D eigenvalue weighted by atomic mass is 35.5. The Morgan fingerprint density at radius 2 is 2.00 bits per heavy atom. The normalized spacial score (nSPS) is 10.8. The lowest BCUT2D eigenvalue weighted by Crippen LogP contribution is -2.01. The van der Waals surface area contributed by atoms with Crippen molar-refractivity contribution in [1.82, 2.24) is 14.8 Å². The zero-order valence-corrected chi connectivity index (χ0v) is 11.3. The molecule has 1 aromatic heterocycles. The fraction of sp³-hybridized carbons (Fsp3) is 0.333. The second-order valence-electron chi connectivity index (χ2n) is 3.90. The molecular formula is C12H13Cl2N3. The highest BCUT2D eigenvalue weighted by molar-refractivity contribution is 6.31. The molecule has 90 valence electrons. The molecule has 5 heteroatoms. The van der Waals surface area contributed by atoms with E-state index in [-0.39, 0.29) is 0 Å². The van der Waals surface area contributed by atoms with E-state index in [9.17, 15) is 0 Å². The van der Waals surface area contributed by atoms with E-state index in [1.54, 1.807) is 0 Å². The van der Waals surface area contributed by atoms with Gasteiger partial charge in [-0.2, -0.15) is 0 Å². The summed E-state index contributed by atoms with van der Waals surface area (Å²) in [4.78, 5) is 0. The predicted molar refractivity (Wildman–Crippen MR) is 70.1 cm³/mol. The van der Waals surface area contributed by atoms with Gasteiger partial charge in [0.15, 0.2) is 0 Å². The molecule has 0 unspecified atom stereocenters. The molecule has 0 amide bonds. The molecule has 0 aliphatic heterocycles. The Balaban J connectivity index is 2.51. The van der Waals surface area contributed by atoms with E-state index in [0.29, 0.717) is 5.28 Å². The molecule has 0 spiro atoms. The first-order valence-corrected chi connectivity index (χ1v) is 6.25. The topological polar surface area (TPSA) is 30.7 Å². The second-order valence-corrected chi connectivity index (χ2v) is 4.65. The third-order valence-corrected chi connectivity index (χ3v) is 3.23. The molecule has 2 rings (SSSR count). The molecule has 2 aromatic rings. The maximum atomic E-state index is 6.12. The quantitative estimate of drug-likeness (QED) is 0.848. The summed E-state index contributed by atoms with van der Waals surface area (Å²) in [5.41, 5.74) is 1.94. The largest absolute Gasteiger partial charge is 0.270 e. The Hall–Kier alpha value is -1.06. The third-order valence-electron chi connectivity index (χ3n) is 2.58. The van der Waals surface area contributed by atoms with Crippen LogP contribution in [0.5, 0.6) is 0 Å². The fourth-order valence-electron chi connectivity index (χ4n) is 1.66. The number of hydrogen-bond donors (Lipinski definition) is 0. The number of aryl methyl sites for hydroxylation is 2. The molecule has 0 saturated carbocycles. The van der Waals surface area contributed by atoms with Crippen LogP contribution in [0.3, 0.4) is 0 Å². The Bertz CT molecular complexity index is 535. The van der Waals surface area contributed by atoms with Crippen molar-refractivity contribution < 1.29 is 0 Å². The average molecular weight is 270 g/mol. The van der Waals surface area contributed by atoms with Crippen molar-refractivity contribution in [3.05, 3.63) is 39.9 Å². The third kappa shape index (κ3) is 2.45. The Morgan fingerprint density at radius 1 is 1.24 bits per heavy atom. The highest BCUT2D eigenvalue weighted by Gasteiger charge is 2.12. The van der Waals surface area contributed by atoms with Crippen molar-refractivity contribution in [3.63, 3.8) is 0 Å². The molecule has 0 radical (unpaired) electrons. The van der Waals surface area contributed by atoms with Gasteiger partial charge in [0.2, 0.25) is 5.28 Å². The average Bonchev–Trinajstić information content (AvgIpc) is 2.65. The van der Waals surface area contributed by atoms with Gasteiger partial charge in [-0.1, -0.05) is 24.6 Å². The maximum absolute atomic E-state index is 6.12. The molecule has 0 fully saturated rings. The first kappa shape index (κ1) is 12.4. The molecule has 0 atom stereocenters. The molecule has 0 aliphatic carbocycles. The summed E-state index contributed by atoms with van der Waals surface area (Å²) in [5, 5.41) is 9.06. The zero-order valence-electron chi connectivity index (χ0n) is 9.74. The van der Waals surface area contributed by atoms with E-state index >= 15 is 0 Å². The minimum atomic E-state index is 0.369. The summed E-state index contributed by atoms with van der Waals surface area (Å²) in [5.74, 6) is 0.859. The summed E-state index contributed by atoms with van der Waals surface area (Å²) in [6.45, 7) is 4.06. The van der Waals surface area contributed by atoms with Crippen molar-refractivity contribution in [2.24, 2.45) is 0 Å². The molecule has 0 aliphatic rings. The van der Waals surface area contributed by atoms with Crippen molar-refractivity contribution in [3.8, 4) is 5.69 Å². The van der Waals surface area contributed by atoms with Crippen molar-refractivity contribution >= 4 is 23.2 Å². The van der Waals surface area contributed by atoms with Gasteiger partial charge in [0.1, 0.15) is 5.82 Å². The maximum Gasteiger partial charge on any atom is 0.229 e. The van der Waals surface area contributed by atoms with Crippen molar-refractivity contribution in [1.29, 1.82) is 0 Å². The summed E-state index contributed by atoms with van der Waals surface area (Å²) >= 11 is 12.2. The van der Waals surface area contributed by atoms with E-state index in [1.165, 1.54) is 0 Å². The minimum absolute atomic E-state index is 0.369. The van der Waals surface area contributed by atoms with E-state index < -0.39 is 0 Å². The molecule has 0 bridgehead atoms. The summed E-state index contributed by atoms with van der Waals surface area (Å²) < 4.78 is 1.83. The minimum Gasteiger partial charge on any atom is -0.270 e. The van der Waals surface area contributed by atoms with Crippen LogP contribution in [0.4, 0.5) is 0 Å². The fourth-order valence-corrected chi connectivity index (χ4v) is 2.06. The SMILES string of the molecule is CCCc1nnc(Cl)n1-c1ccc(C)c(Cl)c1.